The normalized spacial score (nSPS) is 15.0. The summed E-state index contributed by atoms with van der Waals surface area (Å²) >= 11 is 5.91. The van der Waals surface area contributed by atoms with Gasteiger partial charge in [0, 0.05) is 30.8 Å². The van der Waals surface area contributed by atoms with E-state index in [2.05, 4.69) is 5.32 Å². The molecule has 1 unspecified atom stereocenters. The number of anilines is 2. The number of benzene rings is 3. The Morgan fingerprint density at radius 1 is 1.08 bits per heavy atom. The molecule has 0 aliphatic carbocycles. The highest BCUT2D eigenvalue weighted by Crippen LogP contribution is 2.30. The van der Waals surface area contributed by atoms with E-state index in [0.717, 1.165) is 11.0 Å². The second kappa shape index (κ2) is 10.6. The van der Waals surface area contributed by atoms with Crippen LogP contribution in [0, 0.1) is 10.1 Å². The van der Waals surface area contributed by atoms with Gasteiger partial charge in [0.15, 0.2) is 0 Å². The Balaban J connectivity index is 1.68. The van der Waals surface area contributed by atoms with Gasteiger partial charge in [-0.25, -0.2) is 4.90 Å². The molecule has 188 valence electrons. The molecule has 3 aromatic carbocycles. The fourth-order valence-electron chi connectivity index (χ4n) is 4.08. The third-order valence-corrected chi connectivity index (χ3v) is 6.11. The molecule has 4 amide bonds. The van der Waals surface area contributed by atoms with E-state index < -0.39 is 34.4 Å². The SMILES string of the molecule is CC(=O)Nc1ccc(N2C(=O)CC(N(Cc3ccccc3)C(=O)c3ccc(Cl)c([N+](=O)[O-])c3)C2=O)cc1. The first kappa shape index (κ1) is 25.5. The van der Waals surface area contributed by atoms with E-state index in [9.17, 15) is 29.3 Å². The molecule has 11 heteroatoms. The van der Waals surface area contributed by atoms with E-state index in [1.54, 1.807) is 42.5 Å². The lowest BCUT2D eigenvalue weighted by atomic mass is 10.1. The lowest BCUT2D eigenvalue weighted by Crippen LogP contribution is -2.45. The minimum atomic E-state index is -1.13. The van der Waals surface area contributed by atoms with E-state index in [4.69, 9.17) is 11.6 Å². The van der Waals surface area contributed by atoms with Crippen LogP contribution >= 0.6 is 11.6 Å². The van der Waals surface area contributed by atoms with E-state index in [0.29, 0.717) is 16.9 Å². The molecule has 0 aromatic heterocycles. The first-order valence-corrected chi connectivity index (χ1v) is 11.6. The molecule has 0 bridgehead atoms. The minimum absolute atomic E-state index is 0.00487. The van der Waals surface area contributed by atoms with Crippen molar-refractivity contribution in [2.24, 2.45) is 0 Å². The van der Waals surface area contributed by atoms with Crippen LogP contribution < -0.4 is 10.2 Å². The molecule has 0 radical (unpaired) electrons. The summed E-state index contributed by atoms with van der Waals surface area (Å²) in [5.41, 5.74) is 1.02. The van der Waals surface area contributed by atoms with Gasteiger partial charge in [-0.2, -0.15) is 0 Å². The van der Waals surface area contributed by atoms with Crippen molar-refractivity contribution >= 4 is 52.3 Å². The zero-order valence-corrected chi connectivity index (χ0v) is 20.3. The van der Waals surface area contributed by atoms with Crippen molar-refractivity contribution < 1.29 is 24.1 Å². The Bertz CT molecular complexity index is 1390. The molecule has 1 saturated heterocycles. The number of halogens is 1. The minimum Gasteiger partial charge on any atom is -0.326 e. The fourth-order valence-corrected chi connectivity index (χ4v) is 4.27. The number of nitrogens with one attached hydrogen (secondary N) is 1. The van der Waals surface area contributed by atoms with Gasteiger partial charge in [-0.3, -0.25) is 29.3 Å². The quantitative estimate of drug-likeness (QED) is 0.282. The molecule has 1 atom stereocenters. The number of nitrogens with zero attached hydrogens (tertiary/aromatic N) is 3. The van der Waals surface area contributed by atoms with E-state index in [1.165, 1.54) is 36.1 Å². The number of imide groups is 1. The molecule has 1 heterocycles. The monoisotopic (exact) mass is 520 g/mol. The average Bonchev–Trinajstić information content (AvgIpc) is 3.16. The van der Waals surface area contributed by atoms with Crippen molar-refractivity contribution in [2.45, 2.75) is 25.9 Å². The summed E-state index contributed by atoms with van der Waals surface area (Å²) in [5, 5.41) is 13.8. The second-order valence-corrected chi connectivity index (χ2v) is 8.76. The third kappa shape index (κ3) is 5.49. The molecule has 1 fully saturated rings. The van der Waals surface area contributed by atoms with Gasteiger partial charge >= 0.3 is 0 Å². The van der Waals surface area contributed by atoms with Crippen LogP contribution in [0.25, 0.3) is 0 Å². The Morgan fingerprint density at radius 2 is 1.76 bits per heavy atom. The highest BCUT2D eigenvalue weighted by atomic mass is 35.5. The van der Waals surface area contributed by atoms with Crippen LogP contribution in [0.3, 0.4) is 0 Å². The summed E-state index contributed by atoms with van der Waals surface area (Å²) in [6.07, 6.45) is -0.263. The summed E-state index contributed by atoms with van der Waals surface area (Å²) < 4.78 is 0. The van der Waals surface area contributed by atoms with Gasteiger partial charge in [-0.15, -0.1) is 0 Å². The predicted molar refractivity (Wildman–Crippen MR) is 136 cm³/mol. The van der Waals surface area contributed by atoms with Crippen LogP contribution in [0.4, 0.5) is 17.1 Å². The Kier molecular flexibility index (Phi) is 7.30. The zero-order valence-electron chi connectivity index (χ0n) is 19.6. The second-order valence-electron chi connectivity index (χ2n) is 8.36. The molecule has 1 aliphatic heterocycles. The number of nitro groups is 1. The van der Waals surface area contributed by atoms with Crippen molar-refractivity contribution in [1.82, 2.24) is 4.90 Å². The average molecular weight is 521 g/mol. The first-order valence-electron chi connectivity index (χ1n) is 11.2. The van der Waals surface area contributed by atoms with Crippen molar-refractivity contribution in [2.75, 3.05) is 10.2 Å². The smallest absolute Gasteiger partial charge is 0.288 e. The summed E-state index contributed by atoms with van der Waals surface area (Å²) in [5.74, 6) is -2.03. The largest absolute Gasteiger partial charge is 0.326 e. The molecular formula is C26H21ClN4O6. The molecule has 4 rings (SSSR count). The number of rotatable bonds is 7. The van der Waals surface area contributed by atoms with Crippen LogP contribution in [-0.4, -0.2) is 39.5 Å². The van der Waals surface area contributed by atoms with Crippen LogP contribution in [0.15, 0.2) is 72.8 Å². The topological polar surface area (TPSA) is 130 Å². The maximum Gasteiger partial charge on any atom is 0.288 e. The Labute approximate surface area is 216 Å². The molecule has 3 aromatic rings. The summed E-state index contributed by atoms with van der Waals surface area (Å²) in [7, 11) is 0. The number of carbonyl (C=O) groups excluding carboxylic acids is 4. The fraction of sp³-hybridized carbons (Fsp3) is 0.154. The van der Waals surface area contributed by atoms with Crippen molar-refractivity contribution in [1.29, 1.82) is 0 Å². The highest BCUT2D eigenvalue weighted by molar-refractivity contribution is 6.32. The standard InChI is InChI=1S/C26H21ClN4O6/c1-16(32)28-19-8-10-20(11-9-19)30-24(33)14-23(26(30)35)29(15-17-5-3-2-4-6-17)25(34)18-7-12-21(27)22(13-18)31(36)37/h2-13,23H,14-15H2,1H3,(H,28,32). The molecule has 1 aliphatic rings. The van der Waals surface area contributed by atoms with Gasteiger partial charge in [0.1, 0.15) is 11.1 Å². The van der Waals surface area contributed by atoms with Gasteiger partial charge in [0.2, 0.25) is 11.8 Å². The van der Waals surface area contributed by atoms with Crippen LogP contribution in [0.1, 0.15) is 29.3 Å². The number of nitro benzene ring substituents is 1. The van der Waals surface area contributed by atoms with Gasteiger partial charge in [0.25, 0.3) is 17.5 Å². The van der Waals surface area contributed by atoms with Crippen molar-refractivity contribution in [3.63, 3.8) is 0 Å². The number of hydrogen-bond acceptors (Lipinski definition) is 6. The molecule has 0 saturated carbocycles. The molecular weight excluding hydrogens is 500 g/mol. The third-order valence-electron chi connectivity index (χ3n) is 5.79. The molecule has 37 heavy (non-hydrogen) atoms. The van der Waals surface area contributed by atoms with E-state index in [1.807, 2.05) is 0 Å². The maximum atomic E-state index is 13.6. The Hall–Kier alpha value is -4.57. The zero-order chi connectivity index (χ0) is 26.7. The van der Waals surface area contributed by atoms with E-state index in [-0.39, 0.29) is 29.5 Å². The lowest BCUT2D eigenvalue weighted by molar-refractivity contribution is -0.384. The molecule has 10 nitrogen and oxygen atoms in total. The van der Waals surface area contributed by atoms with Crippen molar-refractivity contribution in [3.05, 3.63) is 99.1 Å². The van der Waals surface area contributed by atoms with Crippen molar-refractivity contribution in [3.8, 4) is 0 Å². The first-order chi connectivity index (χ1) is 17.7. The number of hydrogen-bond donors (Lipinski definition) is 1. The number of amides is 4. The van der Waals surface area contributed by atoms with Crippen LogP contribution in [-0.2, 0) is 20.9 Å². The van der Waals surface area contributed by atoms with Gasteiger partial charge in [0.05, 0.1) is 17.0 Å². The van der Waals surface area contributed by atoms with Gasteiger partial charge < -0.3 is 10.2 Å². The van der Waals surface area contributed by atoms with E-state index >= 15 is 0 Å². The molecule has 0 spiro atoms. The van der Waals surface area contributed by atoms with Crippen LogP contribution in [0.2, 0.25) is 5.02 Å². The van der Waals surface area contributed by atoms with Gasteiger partial charge in [-0.1, -0.05) is 41.9 Å². The van der Waals surface area contributed by atoms with Crippen LogP contribution in [0.5, 0.6) is 0 Å². The number of carbonyl (C=O) groups is 4. The summed E-state index contributed by atoms with van der Waals surface area (Å²) in [4.78, 5) is 64.2. The summed E-state index contributed by atoms with van der Waals surface area (Å²) in [6, 6.07) is 17.6. The maximum absolute atomic E-state index is 13.6. The lowest BCUT2D eigenvalue weighted by Gasteiger charge is -2.28. The highest BCUT2D eigenvalue weighted by Gasteiger charge is 2.44. The Morgan fingerprint density at radius 3 is 2.38 bits per heavy atom. The van der Waals surface area contributed by atoms with Gasteiger partial charge in [-0.05, 0) is 42.0 Å². The molecule has 1 N–H and O–H groups in total. The summed E-state index contributed by atoms with van der Waals surface area (Å²) in [6.45, 7) is 1.36. The predicted octanol–water partition coefficient (Wildman–Crippen LogP) is 4.18.